The number of carboxylic acid groups (broad SMARTS) is 1. The van der Waals surface area contributed by atoms with Crippen LogP contribution in [-0.4, -0.2) is 72.9 Å². The molecule has 0 aliphatic carbocycles. The van der Waals surface area contributed by atoms with E-state index >= 15 is 0 Å². The van der Waals surface area contributed by atoms with Crippen LogP contribution in [0.1, 0.15) is 26.2 Å². The van der Waals surface area contributed by atoms with Gasteiger partial charge in [0.1, 0.15) is 6.04 Å². The smallest absolute Gasteiger partial charge is 0.320 e. The van der Waals surface area contributed by atoms with Crippen molar-refractivity contribution in [3.05, 3.63) is 0 Å². The van der Waals surface area contributed by atoms with Crippen molar-refractivity contribution in [1.82, 2.24) is 9.80 Å². The number of ether oxygens (including phenoxy) is 1. The highest BCUT2D eigenvalue weighted by Crippen LogP contribution is 2.18. The number of rotatable bonds is 5. The summed E-state index contributed by atoms with van der Waals surface area (Å²) >= 11 is 0. The van der Waals surface area contributed by atoms with Crippen LogP contribution in [0.2, 0.25) is 0 Å². The van der Waals surface area contributed by atoms with Crippen molar-refractivity contribution in [2.75, 3.05) is 45.9 Å². The first kappa shape index (κ1) is 14.8. The lowest BCUT2D eigenvalue weighted by molar-refractivity contribution is -0.144. The van der Waals surface area contributed by atoms with E-state index in [2.05, 4.69) is 9.80 Å². The van der Waals surface area contributed by atoms with Gasteiger partial charge in [0.2, 0.25) is 0 Å². The minimum atomic E-state index is -0.680. The Morgan fingerprint density at radius 3 is 2.42 bits per heavy atom. The first-order valence-corrected chi connectivity index (χ1v) is 7.47. The van der Waals surface area contributed by atoms with Gasteiger partial charge in [0.25, 0.3) is 0 Å². The fraction of sp³-hybridized carbons (Fsp3) is 0.929. The largest absolute Gasteiger partial charge is 0.480 e. The van der Waals surface area contributed by atoms with Crippen LogP contribution in [0.5, 0.6) is 0 Å². The van der Waals surface area contributed by atoms with E-state index in [1.165, 1.54) is 12.8 Å². The van der Waals surface area contributed by atoms with Gasteiger partial charge in [-0.3, -0.25) is 9.69 Å². The molecule has 1 N–H and O–H groups in total. The average Bonchev–Trinajstić information content (AvgIpc) is 2.42. The Hall–Kier alpha value is -0.650. The van der Waals surface area contributed by atoms with Crippen LogP contribution in [0.25, 0.3) is 0 Å². The minimum absolute atomic E-state index is 0.301. The van der Waals surface area contributed by atoms with E-state index in [1.807, 2.05) is 6.92 Å². The van der Waals surface area contributed by atoms with E-state index < -0.39 is 5.97 Å². The molecule has 2 rings (SSSR count). The summed E-state index contributed by atoms with van der Waals surface area (Å²) in [5.41, 5.74) is 0. The summed E-state index contributed by atoms with van der Waals surface area (Å²) in [4.78, 5) is 15.8. The molecule has 0 saturated carbocycles. The van der Waals surface area contributed by atoms with E-state index in [4.69, 9.17) is 4.74 Å². The van der Waals surface area contributed by atoms with Gasteiger partial charge in [-0.05, 0) is 25.2 Å². The van der Waals surface area contributed by atoms with Crippen molar-refractivity contribution in [2.45, 2.75) is 32.2 Å². The molecule has 5 heteroatoms. The zero-order valence-electron chi connectivity index (χ0n) is 11.9. The Labute approximate surface area is 115 Å². The zero-order valence-corrected chi connectivity index (χ0v) is 11.9. The molecule has 0 aromatic rings. The van der Waals surface area contributed by atoms with Crippen molar-refractivity contribution < 1.29 is 14.6 Å². The molecule has 0 aromatic heterocycles. The number of carbonyl (C=O) groups is 1. The number of carboxylic acids is 1. The average molecular weight is 270 g/mol. The molecule has 0 spiro atoms. The van der Waals surface area contributed by atoms with E-state index in [9.17, 15) is 9.90 Å². The lowest BCUT2D eigenvalue weighted by Gasteiger charge is -2.39. The number of aliphatic carboxylic acids is 1. The summed E-state index contributed by atoms with van der Waals surface area (Å²) in [6, 6.07) is -0.301. The highest BCUT2D eigenvalue weighted by molar-refractivity contribution is 5.73. The van der Waals surface area contributed by atoms with Gasteiger partial charge in [0.05, 0.1) is 0 Å². The predicted octanol–water partition coefficient (Wildman–Crippen LogP) is 0.894. The second kappa shape index (κ2) is 7.22. The van der Waals surface area contributed by atoms with Gasteiger partial charge in [0, 0.05) is 45.9 Å². The Balaban J connectivity index is 1.73. The molecule has 0 radical (unpaired) electrons. The van der Waals surface area contributed by atoms with E-state index in [1.54, 1.807) is 0 Å². The molecule has 2 aliphatic rings. The molecular weight excluding hydrogens is 244 g/mol. The summed E-state index contributed by atoms with van der Waals surface area (Å²) < 4.78 is 5.39. The second-order valence-electron chi connectivity index (χ2n) is 5.65. The summed E-state index contributed by atoms with van der Waals surface area (Å²) in [6.07, 6.45) is 3.04. The lowest BCUT2D eigenvalue weighted by Crippen LogP contribution is -2.53. The number of hydrogen-bond acceptors (Lipinski definition) is 4. The topological polar surface area (TPSA) is 53.0 Å². The third-order valence-electron chi connectivity index (χ3n) is 4.38. The molecule has 1 atom stereocenters. The molecule has 2 saturated heterocycles. The summed E-state index contributed by atoms with van der Waals surface area (Å²) in [6.45, 7) is 8.68. The standard InChI is InChI=1S/C14H26N2O3/c1-2-13(14(17)18)16-7-5-15(6-8-16)11-12-3-9-19-10-4-12/h12-13H,2-11H2,1H3,(H,17,18). The highest BCUT2D eigenvalue weighted by Gasteiger charge is 2.28. The summed E-state index contributed by atoms with van der Waals surface area (Å²) in [7, 11) is 0. The molecule has 110 valence electrons. The van der Waals surface area contributed by atoms with Crippen LogP contribution in [0.3, 0.4) is 0 Å². The van der Waals surface area contributed by atoms with Crippen LogP contribution in [0.4, 0.5) is 0 Å². The van der Waals surface area contributed by atoms with Crippen molar-refractivity contribution >= 4 is 5.97 Å². The van der Waals surface area contributed by atoms with Crippen molar-refractivity contribution in [3.63, 3.8) is 0 Å². The first-order chi connectivity index (χ1) is 9.20. The second-order valence-corrected chi connectivity index (χ2v) is 5.65. The van der Waals surface area contributed by atoms with E-state index in [0.717, 1.165) is 51.9 Å². The van der Waals surface area contributed by atoms with Gasteiger partial charge >= 0.3 is 5.97 Å². The summed E-state index contributed by atoms with van der Waals surface area (Å²) in [5, 5.41) is 9.18. The summed E-state index contributed by atoms with van der Waals surface area (Å²) in [5.74, 6) is 0.0853. The molecule has 5 nitrogen and oxygen atoms in total. The Kier molecular flexibility index (Phi) is 5.60. The molecule has 0 bridgehead atoms. The third kappa shape index (κ3) is 4.16. The van der Waals surface area contributed by atoms with E-state index in [-0.39, 0.29) is 6.04 Å². The molecule has 0 amide bonds. The van der Waals surface area contributed by atoms with Crippen LogP contribution in [0.15, 0.2) is 0 Å². The van der Waals surface area contributed by atoms with Gasteiger partial charge in [-0.2, -0.15) is 0 Å². The minimum Gasteiger partial charge on any atom is -0.480 e. The Bertz CT molecular complexity index is 284. The maximum atomic E-state index is 11.2. The fourth-order valence-electron chi connectivity index (χ4n) is 3.14. The Morgan fingerprint density at radius 1 is 1.26 bits per heavy atom. The number of hydrogen-bond donors (Lipinski definition) is 1. The molecule has 2 fully saturated rings. The first-order valence-electron chi connectivity index (χ1n) is 7.47. The van der Waals surface area contributed by atoms with Gasteiger partial charge in [-0.15, -0.1) is 0 Å². The number of piperazine rings is 1. The monoisotopic (exact) mass is 270 g/mol. The maximum Gasteiger partial charge on any atom is 0.320 e. The normalized spacial score (nSPS) is 25.3. The molecule has 2 heterocycles. The predicted molar refractivity (Wildman–Crippen MR) is 73.3 cm³/mol. The van der Waals surface area contributed by atoms with Crippen molar-refractivity contribution in [1.29, 1.82) is 0 Å². The van der Waals surface area contributed by atoms with Crippen LogP contribution >= 0.6 is 0 Å². The zero-order chi connectivity index (χ0) is 13.7. The van der Waals surface area contributed by atoms with Crippen molar-refractivity contribution in [3.8, 4) is 0 Å². The molecular formula is C14H26N2O3. The van der Waals surface area contributed by atoms with Gasteiger partial charge < -0.3 is 14.7 Å². The van der Waals surface area contributed by atoms with Crippen LogP contribution in [0, 0.1) is 5.92 Å². The van der Waals surface area contributed by atoms with Gasteiger partial charge in [-0.25, -0.2) is 0 Å². The lowest BCUT2D eigenvalue weighted by atomic mass is 9.99. The quantitative estimate of drug-likeness (QED) is 0.804. The van der Waals surface area contributed by atoms with E-state index in [0.29, 0.717) is 6.42 Å². The Morgan fingerprint density at radius 2 is 1.89 bits per heavy atom. The fourth-order valence-corrected chi connectivity index (χ4v) is 3.14. The third-order valence-corrected chi connectivity index (χ3v) is 4.38. The SMILES string of the molecule is CCC(C(=O)O)N1CCN(CC2CCOCC2)CC1. The molecule has 19 heavy (non-hydrogen) atoms. The molecule has 0 aromatic carbocycles. The van der Waals surface area contributed by atoms with Crippen LogP contribution < -0.4 is 0 Å². The van der Waals surface area contributed by atoms with Crippen molar-refractivity contribution in [2.24, 2.45) is 5.92 Å². The molecule has 1 unspecified atom stereocenters. The molecule has 2 aliphatic heterocycles. The maximum absolute atomic E-state index is 11.2. The highest BCUT2D eigenvalue weighted by atomic mass is 16.5. The van der Waals surface area contributed by atoms with Gasteiger partial charge in [-0.1, -0.05) is 6.92 Å². The van der Waals surface area contributed by atoms with Crippen LogP contribution in [-0.2, 0) is 9.53 Å². The van der Waals surface area contributed by atoms with Gasteiger partial charge in [0.15, 0.2) is 0 Å². The number of nitrogens with zero attached hydrogens (tertiary/aromatic N) is 2.